The summed E-state index contributed by atoms with van der Waals surface area (Å²) in [7, 11) is 0. The number of carbonyl (C=O) groups is 2. The van der Waals surface area contributed by atoms with Gasteiger partial charge in [-0.15, -0.1) is 0 Å². The Labute approximate surface area is 124 Å². The van der Waals surface area contributed by atoms with Crippen molar-refractivity contribution in [2.75, 3.05) is 42.5 Å². The topological polar surface area (TPSA) is 64.7 Å². The molecule has 3 amide bonds. The zero-order valence-corrected chi connectivity index (χ0v) is 12.2. The molecule has 2 heterocycles. The number of amides is 3. The maximum absolute atomic E-state index is 11.9. The number of rotatable bonds is 2. The minimum atomic E-state index is -0.329. The molecular weight excluding hydrogens is 268 g/mol. The summed E-state index contributed by atoms with van der Waals surface area (Å²) in [6.07, 6.45) is 0.352. The summed E-state index contributed by atoms with van der Waals surface area (Å²) in [4.78, 5) is 27.1. The lowest BCUT2D eigenvalue weighted by Gasteiger charge is -2.31. The van der Waals surface area contributed by atoms with E-state index < -0.39 is 0 Å². The van der Waals surface area contributed by atoms with E-state index in [-0.39, 0.29) is 11.9 Å². The van der Waals surface area contributed by atoms with Crippen molar-refractivity contribution in [3.05, 3.63) is 23.8 Å². The zero-order valence-electron chi connectivity index (χ0n) is 12.2. The Morgan fingerprint density at radius 2 is 1.86 bits per heavy atom. The van der Waals surface area contributed by atoms with E-state index >= 15 is 0 Å². The second-order valence-electron chi connectivity index (χ2n) is 5.46. The van der Waals surface area contributed by atoms with Crippen LogP contribution in [0.5, 0.6) is 0 Å². The van der Waals surface area contributed by atoms with Gasteiger partial charge in [0.1, 0.15) is 0 Å². The molecular formula is C15H20N4O2. The molecule has 0 aromatic heterocycles. The highest BCUT2D eigenvalue weighted by molar-refractivity contribution is 6.06. The number of benzene rings is 1. The van der Waals surface area contributed by atoms with Crippen LogP contribution in [-0.2, 0) is 4.79 Å². The number of hydrogen-bond donors (Lipinski definition) is 2. The summed E-state index contributed by atoms with van der Waals surface area (Å²) in [6.45, 7) is 6.44. The minimum Gasteiger partial charge on any atom is -0.369 e. The Bertz CT molecular complexity index is 567. The summed E-state index contributed by atoms with van der Waals surface area (Å²) in [6, 6.07) is 5.81. The first kappa shape index (κ1) is 13.9. The van der Waals surface area contributed by atoms with Gasteiger partial charge in [0.25, 0.3) is 0 Å². The second-order valence-corrected chi connectivity index (χ2v) is 5.46. The van der Waals surface area contributed by atoms with Gasteiger partial charge in [-0.05, 0) is 30.7 Å². The predicted molar refractivity (Wildman–Crippen MR) is 81.8 cm³/mol. The van der Waals surface area contributed by atoms with Crippen LogP contribution >= 0.6 is 0 Å². The second kappa shape index (κ2) is 5.73. The van der Waals surface area contributed by atoms with Crippen LogP contribution in [0.2, 0.25) is 0 Å². The van der Waals surface area contributed by atoms with Gasteiger partial charge >= 0.3 is 6.03 Å². The SMILES string of the molecule is Cc1cc(N2CCNCC2)ccc1N1CCC(=O)NC1=O. The van der Waals surface area contributed by atoms with Gasteiger partial charge in [-0.1, -0.05) is 0 Å². The van der Waals surface area contributed by atoms with Crippen LogP contribution in [0.3, 0.4) is 0 Å². The molecule has 1 aromatic rings. The molecule has 2 N–H and O–H groups in total. The highest BCUT2D eigenvalue weighted by Crippen LogP contribution is 2.27. The van der Waals surface area contributed by atoms with Crippen molar-refractivity contribution >= 4 is 23.3 Å². The number of piperazine rings is 1. The molecule has 2 fully saturated rings. The van der Waals surface area contributed by atoms with Gasteiger partial charge in [0, 0.05) is 50.5 Å². The quantitative estimate of drug-likeness (QED) is 0.847. The fraction of sp³-hybridized carbons (Fsp3) is 0.467. The van der Waals surface area contributed by atoms with Crippen molar-refractivity contribution < 1.29 is 9.59 Å². The van der Waals surface area contributed by atoms with Crippen molar-refractivity contribution in [1.82, 2.24) is 10.6 Å². The van der Waals surface area contributed by atoms with Crippen molar-refractivity contribution in [3.8, 4) is 0 Å². The standard InChI is InChI=1S/C15H20N4O2/c1-11-10-12(18-8-5-16-6-9-18)2-3-13(11)19-7-4-14(20)17-15(19)21/h2-3,10,16H,4-9H2,1H3,(H,17,20,21). The predicted octanol–water partition coefficient (Wildman–Crippen LogP) is 0.851. The first-order chi connectivity index (χ1) is 10.1. The molecule has 6 nitrogen and oxygen atoms in total. The Morgan fingerprint density at radius 3 is 2.52 bits per heavy atom. The maximum atomic E-state index is 11.9. The number of carbonyl (C=O) groups excluding carboxylic acids is 2. The van der Waals surface area contributed by atoms with Gasteiger partial charge in [-0.2, -0.15) is 0 Å². The molecule has 3 rings (SSSR count). The lowest BCUT2D eigenvalue weighted by atomic mass is 10.1. The monoisotopic (exact) mass is 288 g/mol. The lowest BCUT2D eigenvalue weighted by Crippen LogP contribution is -2.49. The average molecular weight is 288 g/mol. The van der Waals surface area contributed by atoms with Crippen LogP contribution in [0.1, 0.15) is 12.0 Å². The van der Waals surface area contributed by atoms with E-state index in [0.29, 0.717) is 13.0 Å². The third-order valence-corrected chi connectivity index (χ3v) is 4.01. The van der Waals surface area contributed by atoms with E-state index in [0.717, 1.165) is 37.4 Å². The highest BCUT2D eigenvalue weighted by Gasteiger charge is 2.25. The van der Waals surface area contributed by atoms with Gasteiger partial charge < -0.3 is 10.2 Å². The largest absolute Gasteiger partial charge is 0.369 e. The van der Waals surface area contributed by atoms with Crippen molar-refractivity contribution in [3.63, 3.8) is 0 Å². The minimum absolute atomic E-state index is 0.202. The Kier molecular flexibility index (Phi) is 3.79. The molecule has 2 aliphatic heterocycles. The van der Waals surface area contributed by atoms with E-state index in [1.807, 2.05) is 13.0 Å². The van der Waals surface area contributed by atoms with Gasteiger partial charge in [0.15, 0.2) is 0 Å². The molecule has 2 saturated heterocycles. The molecule has 0 bridgehead atoms. The number of anilines is 2. The molecule has 21 heavy (non-hydrogen) atoms. The molecule has 2 aliphatic rings. The number of nitrogens with one attached hydrogen (secondary N) is 2. The van der Waals surface area contributed by atoms with Gasteiger partial charge in [-0.25, -0.2) is 4.79 Å². The summed E-state index contributed by atoms with van der Waals surface area (Å²) >= 11 is 0. The molecule has 1 aromatic carbocycles. The molecule has 0 atom stereocenters. The van der Waals surface area contributed by atoms with Gasteiger partial charge in [0.05, 0.1) is 0 Å². The summed E-state index contributed by atoms with van der Waals surface area (Å²) in [5.74, 6) is -0.202. The summed E-state index contributed by atoms with van der Waals surface area (Å²) < 4.78 is 0. The third kappa shape index (κ3) is 2.85. The smallest absolute Gasteiger partial charge is 0.328 e. The first-order valence-electron chi connectivity index (χ1n) is 7.33. The van der Waals surface area contributed by atoms with E-state index in [1.165, 1.54) is 5.69 Å². The van der Waals surface area contributed by atoms with Crippen LogP contribution < -0.4 is 20.4 Å². The first-order valence-corrected chi connectivity index (χ1v) is 7.33. The van der Waals surface area contributed by atoms with Crippen LogP contribution in [0, 0.1) is 6.92 Å². The fourth-order valence-electron chi connectivity index (χ4n) is 2.86. The van der Waals surface area contributed by atoms with E-state index in [2.05, 4.69) is 27.7 Å². The number of urea groups is 1. The molecule has 0 saturated carbocycles. The molecule has 0 radical (unpaired) electrons. The molecule has 0 spiro atoms. The number of hydrogen-bond acceptors (Lipinski definition) is 4. The van der Waals surface area contributed by atoms with E-state index in [4.69, 9.17) is 0 Å². The number of imide groups is 1. The Hall–Kier alpha value is -2.08. The number of aryl methyl sites for hydroxylation is 1. The van der Waals surface area contributed by atoms with E-state index in [1.54, 1.807) is 4.90 Å². The van der Waals surface area contributed by atoms with Crippen LogP contribution in [0.25, 0.3) is 0 Å². The Balaban J connectivity index is 1.81. The van der Waals surface area contributed by atoms with Crippen molar-refractivity contribution in [2.24, 2.45) is 0 Å². The molecule has 112 valence electrons. The van der Waals surface area contributed by atoms with Gasteiger partial charge in [-0.3, -0.25) is 15.0 Å². The third-order valence-electron chi connectivity index (χ3n) is 4.01. The highest BCUT2D eigenvalue weighted by atomic mass is 16.2. The maximum Gasteiger partial charge on any atom is 0.328 e. The van der Waals surface area contributed by atoms with Crippen LogP contribution in [0.15, 0.2) is 18.2 Å². The van der Waals surface area contributed by atoms with Crippen LogP contribution in [0.4, 0.5) is 16.2 Å². The molecule has 6 heteroatoms. The normalized spacial score (nSPS) is 19.7. The van der Waals surface area contributed by atoms with E-state index in [9.17, 15) is 9.59 Å². The molecule has 0 unspecified atom stereocenters. The Morgan fingerprint density at radius 1 is 1.10 bits per heavy atom. The summed E-state index contributed by atoms with van der Waals surface area (Å²) in [5, 5.41) is 5.70. The van der Waals surface area contributed by atoms with Gasteiger partial charge in [0.2, 0.25) is 5.91 Å². The zero-order chi connectivity index (χ0) is 14.8. The van der Waals surface area contributed by atoms with Crippen molar-refractivity contribution in [1.29, 1.82) is 0 Å². The molecule has 0 aliphatic carbocycles. The van der Waals surface area contributed by atoms with Crippen LogP contribution in [-0.4, -0.2) is 44.7 Å². The average Bonchev–Trinajstić information content (AvgIpc) is 2.49. The summed E-state index contributed by atoms with van der Waals surface area (Å²) in [5.41, 5.74) is 3.11. The fourth-order valence-corrected chi connectivity index (χ4v) is 2.86. The number of nitrogens with zero attached hydrogens (tertiary/aromatic N) is 2. The lowest BCUT2D eigenvalue weighted by molar-refractivity contribution is -0.120. The van der Waals surface area contributed by atoms with Crippen molar-refractivity contribution in [2.45, 2.75) is 13.3 Å².